The quantitative estimate of drug-likeness (QED) is 0.563. The number of benzene rings is 2. The van der Waals surface area contributed by atoms with Crippen molar-refractivity contribution in [3.63, 3.8) is 0 Å². The van der Waals surface area contributed by atoms with E-state index in [9.17, 15) is 4.79 Å². The lowest BCUT2D eigenvalue weighted by Crippen LogP contribution is -2.23. The van der Waals surface area contributed by atoms with Crippen LogP contribution in [0, 0.1) is 0 Å². The number of fused-ring (bicyclic) bond motifs is 2. The molecular formula is C15H13ClN2OS. The summed E-state index contributed by atoms with van der Waals surface area (Å²) in [5.74, 6) is 0. The summed E-state index contributed by atoms with van der Waals surface area (Å²) < 4.78 is 0. The maximum Gasteiger partial charge on any atom is 0.325 e. The Kier molecular flexibility index (Phi) is 3.36. The van der Waals surface area contributed by atoms with Gasteiger partial charge in [0, 0.05) is 29.6 Å². The molecule has 102 valence electrons. The predicted molar refractivity (Wildman–Crippen MR) is 84.7 cm³/mol. The van der Waals surface area contributed by atoms with Gasteiger partial charge in [-0.1, -0.05) is 23.9 Å². The molecule has 1 amide bonds. The van der Waals surface area contributed by atoms with Crippen molar-refractivity contribution < 1.29 is 4.79 Å². The standard InChI is InChI=1S/C15H13ClN2OS/c1-17(2)10-7-8-12-14(9-10)20-13-6-4-3-5-11(13)18(12)15(16)19/h3-9H,1-2H3. The van der Waals surface area contributed by atoms with Crippen molar-refractivity contribution in [1.82, 2.24) is 0 Å². The highest BCUT2D eigenvalue weighted by atomic mass is 35.5. The van der Waals surface area contributed by atoms with Gasteiger partial charge in [-0.3, -0.25) is 9.69 Å². The van der Waals surface area contributed by atoms with Crippen molar-refractivity contribution in [3.05, 3.63) is 42.5 Å². The average Bonchev–Trinajstić information content (AvgIpc) is 2.43. The van der Waals surface area contributed by atoms with Gasteiger partial charge < -0.3 is 4.90 Å². The Labute approximate surface area is 127 Å². The Morgan fingerprint density at radius 2 is 1.80 bits per heavy atom. The molecule has 0 radical (unpaired) electrons. The summed E-state index contributed by atoms with van der Waals surface area (Å²) in [7, 11) is 3.99. The molecule has 0 N–H and O–H groups in total. The summed E-state index contributed by atoms with van der Waals surface area (Å²) in [6.45, 7) is 0. The highest BCUT2D eigenvalue weighted by Crippen LogP contribution is 2.49. The Hall–Kier alpha value is -1.65. The molecular weight excluding hydrogens is 292 g/mol. The van der Waals surface area contributed by atoms with Crippen LogP contribution in [0.25, 0.3) is 0 Å². The van der Waals surface area contributed by atoms with Crippen LogP contribution >= 0.6 is 23.4 Å². The van der Waals surface area contributed by atoms with Crippen LogP contribution in [0.1, 0.15) is 0 Å². The van der Waals surface area contributed by atoms with Crippen LogP contribution in [0.4, 0.5) is 21.9 Å². The normalized spacial score (nSPS) is 12.7. The molecule has 0 atom stereocenters. The van der Waals surface area contributed by atoms with Crippen molar-refractivity contribution >= 4 is 45.8 Å². The van der Waals surface area contributed by atoms with Crippen molar-refractivity contribution in [3.8, 4) is 0 Å². The van der Waals surface area contributed by atoms with Crippen molar-refractivity contribution in [1.29, 1.82) is 0 Å². The van der Waals surface area contributed by atoms with Crippen LogP contribution in [0.2, 0.25) is 0 Å². The summed E-state index contributed by atoms with van der Waals surface area (Å²) in [6.07, 6.45) is 0. The van der Waals surface area contributed by atoms with Gasteiger partial charge >= 0.3 is 5.37 Å². The third kappa shape index (κ3) is 2.15. The summed E-state index contributed by atoms with van der Waals surface area (Å²) in [5, 5.41) is -0.489. The summed E-state index contributed by atoms with van der Waals surface area (Å²) >= 11 is 7.44. The molecule has 1 heterocycles. The number of amides is 1. The maximum atomic E-state index is 11.8. The minimum atomic E-state index is -0.489. The molecule has 0 fully saturated rings. The molecule has 0 saturated carbocycles. The molecule has 0 saturated heterocycles. The van der Waals surface area contributed by atoms with Crippen LogP contribution in [0.5, 0.6) is 0 Å². The first-order chi connectivity index (χ1) is 9.58. The first-order valence-electron chi connectivity index (χ1n) is 6.16. The molecule has 2 aromatic carbocycles. The van der Waals surface area contributed by atoms with E-state index in [-0.39, 0.29) is 0 Å². The molecule has 0 bridgehead atoms. The van der Waals surface area contributed by atoms with Crippen molar-refractivity contribution in [2.24, 2.45) is 0 Å². The fourth-order valence-electron chi connectivity index (χ4n) is 2.21. The van der Waals surface area contributed by atoms with E-state index in [0.717, 1.165) is 26.9 Å². The van der Waals surface area contributed by atoms with Crippen LogP contribution in [0.3, 0.4) is 0 Å². The molecule has 3 rings (SSSR count). The lowest BCUT2D eigenvalue weighted by molar-refractivity contribution is 0.266. The van der Waals surface area contributed by atoms with Gasteiger partial charge in [-0.2, -0.15) is 0 Å². The largest absolute Gasteiger partial charge is 0.378 e. The van der Waals surface area contributed by atoms with E-state index >= 15 is 0 Å². The van der Waals surface area contributed by atoms with Crippen LogP contribution in [-0.2, 0) is 0 Å². The van der Waals surface area contributed by atoms with Gasteiger partial charge in [0.05, 0.1) is 11.4 Å². The first-order valence-corrected chi connectivity index (χ1v) is 7.35. The topological polar surface area (TPSA) is 23.6 Å². The average molecular weight is 305 g/mol. The van der Waals surface area contributed by atoms with E-state index in [1.807, 2.05) is 55.4 Å². The third-order valence-electron chi connectivity index (χ3n) is 3.20. The highest BCUT2D eigenvalue weighted by molar-refractivity contribution is 7.99. The third-order valence-corrected chi connectivity index (χ3v) is 4.48. The number of para-hydroxylation sites is 1. The monoisotopic (exact) mass is 304 g/mol. The second-order valence-corrected chi connectivity index (χ2v) is 6.11. The van der Waals surface area contributed by atoms with E-state index in [1.165, 1.54) is 0 Å². The van der Waals surface area contributed by atoms with Gasteiger partial charge in [-0.15, -0.1) is 0 Å². The smallest absolute Gasteiger partial charge is 0.325 e. The zero-order chi connectivity index (χ0) is 14.3. The first kappa shape index (κ1) is 13.3. The fraction of sp³-hybridized carbons (Fsp3) is 0.133. The van der Waals surface area contributed by atoms with Crippen LogP contribution in [0.15, 0.2) is 52.3 Å². The number of hydrogen-bond donors (Lipinski definition) is 0. The zero-order valence-corrected chi connectivity index (χ0v) is 12.7. The van der Waals surface area contributed by atoms with Crippen LogP contribution in [-0.4, -0.2) is 19.5 Å². The van der Waals surface area contributed by atoms with Gasteiger partial charge in [0.2, 0.25) is 0 Å². The number of halogens is 1. The molecule has 3 nitrogen and oxygen atoms in total. The molecule has 20 heavy (non-hydrogen) atoms. The van der Waals surface area contributed by atoms with E-state index in [2.05, 4.69) is 6.07 Å². The second-order valence-electron chi connectivity index (χ2n) is 4.70. The van der Waals surface area contributed by atoms with Gasteiger partial charge in [0.25, 0.3) is 0 Å². The molecule has 0 aliphatic carbocycles. The van der Waals surface area contributed by atoms with E-state index < -0.39 is 5.37 Å². The van der Waals surface area contributed by atoms with Crippen molar-refractivity contribution in [2.75, 3.05) is 23.9 Å². The fourth-order valence-corrected chi connectivity index (χ4v) is 3.49. The number of rotatable bonds is 1. The predicted octanol–water partition coefficient (Wildman–Crippen LogP) is 4.71. The zero-order valence-electron chi connectivity index (χ0n) is 11.1. The number of anilines is 3. The minimum absolute atomic E-state index is 0.489. The molecule has 5 heteroatoms. The number of carbonyl (C=O) groups is 1. The second kappa shape index (κ2) is 5.04. The molecule has 2 aromatic rings. The Bertz CT molecular complexity index is 687. The summed E-state index contributed by atoms with van der Waals surface area (Å²) in [6, 6.07) is 13.8. The number of nitrogens with zero attached hydrogens (tertiary/aromatic N) is 2. The maximum absolute atomic E-state index is 11.8. The highest BCUT2D eigenvalue weighted by Gasteiger charge is 2.27. The molecule has 1 aliphatic rings. The lowest BCUT2D eigenvalue weighted by atomic mass is 10.2. The SMILES string of the molecule is CN(C)c1ccc2c(c1)Sc1ccccc1N2C(=O)Cl. The van der Waals surface area contributed by atoms with Gasteiger partial charge in [-0.05, 0) is 41.9 Å². The van der Waals surface area contributed by atoms with E-state index in [0.29, 0.717) is 0 Å². The number of carbonyl (C=O) groups excluding carboxylic acids is 1. The Morgan fingerprint density at radius 1 is 1.10 bits per heavy atom. The molecule has 1 aliphatic heterocycles. The Morgan fingerprint density at radius 3 is 2.50 bits per heavy atom. The Balaban J connectivity index is 2.17. The van der Waals surface area contributed by atoms with Gasteiger partial charge in [0.15, 0.2) is 0 Å². The summed E-state index contributed by atoms with van der Waals surface area (Å²) in [5.41, 5.74) is 2.76. The lowest BCUT2D eigenvalue weighted by Gasteiger charge is -2.30. The van der Waals surface area contributed by atoms with E-state index in [4.69, 9.17) is 11.6 Å². The van der Waals surface area contributed by atoms with Crippen molar-refractivity contribution in [2.45, 2.75) is 9.79 Å². The summed E-state index contributed by atoms with van der Waals surface area (Å²) in [4.78, 5) is 17.5. The number of hydrogen-bond acceptors (Lipinski definition) is 3. The van der Waals surface area contributed by atoms with E-state index in [1.54, 1.807) is 16.7 Å². The van der Waals surface area contributed by atoms with Gasteiger partial charge in [0.1, 0.15) is 0 Å². The minimum Gasteiger partial charge on any atom is -0.378 e. The molecule has 0 aromatic heterocycles. The van der Waals surface area contributed by atoms with Crippen LogP contribution < -0.4 is 9.80 Å². The van der Waals surface area contributed by atoms with Gasteiger partial charge in [-0.25, -0.2) is 0 Å². The molecule has 0 unspecified atom stereocenters. The molecule has 0 spiro atoms.